The smallest absolute Gasteiger partial charge is 0.0747 e. The van der Waals surface area contributed by atoms with E-state index in [0.717, 1.165) is 10.2 Å². The quantitative estimate of drug-likeness (QED) is 0.835. The van der Waals surface area contributed by atoms with Gasteiger partial charge in [0.1, 0.15) is 0 Å². The lowest BCUT2D eigenvalue weighted by Crippen LogP contribution is -2.23. The van der Waals surface area contributed by atoms with Crippen molar-refractivity contribution in [2.45, 2.75) is 26.3 Å². The average Bonchev–Trinajstić information content (AvgIpc) is 2.08. The fourth-order valence-electron chi connectivity index (χ4n) is 1.41. The summed E-state index contributed by atoms with van der Waals surface area (Å²) in [6.07, 6.45) is 0.713. The van der Waals surface area contributed by atoms with Gasteiger partial charge in [-0.05, 0) is 37.6 Å². The number of halogens is 1. The van der Waals surface area contributed by atoms with Gasteiger partial charge >= 0.3 is 0 Å². The fourth-order valence-corrected chi connectivity index (χ4v) is 2.13. The van der Waals surface area contributed by atoms with Crippen molar-refractivity contribution in [3.63, 3.8) is 0 Å². The van der Waals surface area contributed by atoms with Gasteiger partial charge in [-0.25, -0.2) is 0 Å². The summed E-state index contributed by atoms with van der Waals surface area (Å²) in [5.41, 5.74) is 7.83. The van der Waals surface area contributed by atoms with E-state index in [9.17, 15) is 0 Å². The molecule has 82 valence electrons. The predicted octanol–water partition coefficient (Wildman–Crippen LogP) is 3.23. The lowest BCUT2D eigenvalue weighted by molar-refractivity contribution is 0.838. The third-order valence-electron chi connectivity index (χ3n) is 2.10. The zero-order valence-corrected chi connectivity index (χ0v) is 11.3. The highest BCUT2D eigenvalue weighted by Gasteiger charge is 2.05. The Hall–Kier alpha value is -0.610. The topological polar surface area (TPSA) is 38.0 Å². The van der Waals surface area contributed by atoms with Gasteiger partial charge in [-0.3, -0.25) is 0 Å². The number of nitrogens with two attached hydrogens (primary N) is 1. The molecule has 0 aliphatic rings. The maximum Gasteiger partial charge on any atom is 0.0747 e. The second-order valence-electron chi connectivity index (χ2n) is 3.68. The molecule has 0 amide bonds. The summed E-state index contributed by atoms with van der Waals surface area (Å²) in [6, 6.07) is 6.41. The molecular formula is C11H15BrN2S. The molecule has 0 spiro atoms. The van der Waals surface area contributed by atoms with Gasteiger partial charge in [0, 0.05) is 22.6 Å². The highest BCUT2D eigenvalue weighted by molar-refractivity contribution is 9.10. The van der Waals surface area contributed by atoms with Gasteiger partial charge in [-0.15, -0.1) is 0 Å². The van der Waals surface area contributed by atoms with Crippen molar-refractivity contribution in [3.8, 4) is 0 Å². The van der Waals surface area contributed by atoms with Gasteiger partial charge in [0.2, 0.25) is 0 Å². The predicted molar refractivity (Wildman–Crippen MR) is 73.4 cm³/mol. The molecule has 15 heavy (non-hydrogen) atoms. The molecule has 0 aliphatic heterocycles. The van der Waals surface area contributed by atoms with Crippen LogP contribution in [0.4, 0.5) is 5.69 Å². The number of anilines is 1. The Morgan fingerprint density at radius 1 is 1.60 bits per heavy atom. The van der Waals surface area contributed by atoms with Crippen LogP contribution in [0.25, 0.3) is 0 Å². The first-order valence-electron chi connectivity index (χ1n) is 4.80. The van der Waals surface area contributed by atoms with Crippen LogP contribution in [0, 0.1) is 6.92 Å². The summed E-state index contributed by atoms with van der Waals surface area (Å²) >= 11 is 8.31. The monoisotopic (exact) mass is 286 g/mol. The first-order valence-corrected chi connectivity index (χ1v) is 6.00. The van der Waals surface area contributed by atoms with E-state index in [0.29, 0.717) is 11.4 Å². The van der Waals surface area contributed by atoms with Crippen molar-refractivity contribution < 1.29 is 0 Å². The molecule has 3 N–H and O–H groups in total. The maximum absolute atomic E-state index is 5.49. The molecule has 0 heterocycles. The average molecular weight is 287 g/mol. The van der Waals surface area contributed by atoms with Crippen LogP contribution in [0.1, 0.15) is 18.9 Å². The Bertz CT molecular complexity index is 366. The molecular weight excluding hydrogens is 272 g/mol. The van der Waals surface area contributed by atoms with Crippen LogP contribution in [-0.4, -0.2) is 11.0 Å². The Balaban J connectivity index is 2.68. The van der Waals surface area contributed by atoms with Crippen LogP contribution < -0.4 is 11.1 Å². The maximum atomic E-state index is 5.49. The van der Waals surface area contributed by atoms with Gasteiger partial charge in [-0.2, -0.15) is 0 Å². The Labute approximate surface area is 104 Å². The highest BCUT2D eigenvalue weighted by Crippen LogP contribution is 2.20. The van der Waals surface area contributed by atoms with Crippen molar-refractivity contribution in [2.24, 2.45) is 5.73 Å². The zero-order chi connectivity index (χ0) is 11.4. The minimum Gasteiger partial charge on any atom is -0.393 e. The van der Waals surface area contributed by atoms with E-state index in [-0.39, 0.29) is 6.04 Å². The van der Waals surface area contributed by atoms with Gasteiger partial charge in [0.25, 0.3) is 0 Å². The number of nitrogens with one attached hydrogen (secondary N) is 1. The van der Waals surface area contributed by atoms with Gasteiger partial charge in [0.05, 0.1) is 4.99 Å². The molecule has 0 saturated heterocycles. The molecule has 2 nitrogen and oxygen atoms in total. The number of benzene rings is 1. The van der Waals surface area contributed by atoms with Crippen molar-refractivity contribution in [1.82, 2.24) is 0 Å². The van der Waals surface area contributed by atoms with Gasteiger partial charge < -0.3 is 11.1 Å². The summed E-state index contributed by atoms with van der Waals surface area (Å²) in [4.78, 5) is 0.546. The largest absolute Gasteiger partial charge is 0.393 e. The first-order chi connectivity index (χ1) is 6.99. The van der Waals surface area contributed by atoms with Crippen molar-refractivity contribution >= 4 is 38.8 Å². The van der Waals surface area contributed by atoms with E-state index < -0.39 is 0 Å². The normalized spacial score (nSPS) is 12.2. The van der Waals surface area contributed by atoms with Gasteiger partial charge in [-0.1, -0.05) is 28.1 Å². The minimum atomic E-state index is 0.266. The highest BCUT2D eigenvalue weighted by atomic mass is 79.9. The standard InChI is InChI=1S/C11H15BrN2S/c1-7-5-9(12)3-4-10(7)14-8(2)6-11(13)15/h3-5,8,14H,6H2,1-2H3,(H2,13,15). The lowest BCUT2D eigenvalue weighted by atomic mass is 10.1. The number of hydrogen-bond donors (Lipinski definition) is 2. The Morgan fingerprint density at radius 2 is 2.27 bits per heavy atom. The second-order valence-corrected chi connectivity index (χ2v) is 5.12. The van der Waals surface area contributed by atoms with Crippen LogP contribution in [0.3, 0.4) is 0 Å². The third-order valence-corrected chi connectivity index (χ3v) is 2.76. The molecule has 0 radical (unpaired) electrons. The zero-order valence-electron chi connectivity index (χ0n) is 8.88. The minimum absolute atomic E-state index is 0.266. The van der Waals surface area contributed by atoms with E-state index in [2.05, 4.69) is 47.2 Å². The third kappa shape index (κ3) is 4.18. The summed E-state index contributed by atoms with van der Waals surface area (Å²) in [6.45, 7) is 4.14. The van der Waals surface area contributed by atoms with Crippen LogP contribution in [0.2, 0.25) is 0 Å². The van der Waals surface area contributed by atoms with E-state index in [4.69, 9.17) is 18.0 Å². The molecule has 1 rings (SSSR count). The summed E-state index contributed by atoms with van der Waals surface area (Å²) < 4.78 is 1.09. The van der Waals surface area contributed by atoms with E-state index in [1.165, 1.54) is 5.56 Å². The van der Waals surface area contributed by atoms with Crippen LogP contribution in [0.5, 0.6) is 0 Å². The van der Waals surface area contributed by atoms with Crippen LogP contribution in [0.15, 0.2) is 22.7 Å². The number of rotatable bonds is 4. The molecule has 1 aromatic carbocycles. The van der Waals surface area contributed by atoms with Crippen LogP contribution in [-0.2, 0) is 0 Å². The molecule has 0 bridgehead atoms. The Morgan fingerprint density at radius 3 is 2.80 bits per heavy atom. The summed E-state index contributed by atoms with van der Waals surface area (Å²) in [7, 11) is 0. The van der Waals surface area contributed by atoms with E-state index in [1.54, 1.807) is 0 Å². The Kier molecular flexibility index (Phi) is 4.54. The molecule has 0 aromatic heterocycles. The number of aryl methyl sites for hydroxylation is 1. The molecule has 0 aliphatic carbocycles. The van der Waals surface area contributed by atoms with Gasteiger partial charge in [0.15, 0.2) is 0 Å². The molecule has 0 fully saturated rings. The fraction of sp³-hybridized carbons (Fsp3) is 0.364. The van der Waals surface area contributed by atoms with Crippen LogP contribution >= 0.6 is 28.1 Å². The lowest BCUT2D eigenvalue weighted by Gasteiger charge is -2.16. The molecule has 0 saturated carbocycles. The molecule has 1 unspecified atom stereocenters. The molecule has 1 atom stereocenters. The second kappa shape index (κ2) is 5.47. The van der Waals surface area contributed by atoms with E-state index >= 15 is 0 Å². The SMILES string of the molecule is Cc1cc(Br)ccc1NC(C)CC(N)=S. The van der Waals surface area contributed by atoms with Crippen molar-refractivity contribution in [2.75, 3.05) is 5.32 Å². The molecule has 1 aromatic rings. The number of thiocarbonyl (C=S) groups is 1. The van der Waals surface area contributed by atoms with Crippen molar-refractivity contribution in [1.29, 1.82) is 0 Å². The number of hydrogen-bond acceptors (Lipinski definition) is 2. The van der Waals surface area contributed by atoms with Crippen molar-refractivity contribution in [3.05, 3.63) is 28.2 Å². The first kappa shape index (κ1) is 12.5. The summed E-state index contributed by atoms with van der Waals surface area (Å²) in [5, 5.41) is 3.38. The van der Waals surface area contributed by atoms with E-state index in [1.807, 2.05) is 6.07 Å². The molecule has 4 heteroatoms. The summed E-state index contributed by atoms with van der Waals surface area (Å²) in [5.74, 6) is 0.